The van der Waals surface area contributed by atoms with Gasteiger partial charge in [-0.05, 0) is 30.7 Å². The van der Waals surface area contributed by atoms with Crippen molar-refractivity contribution < 1.29 is 14.0 Å². The maximum absolute atomic E-state index is 11.8. The molecule has 0 unspecified atom stereocenters. The zero-order valence-corrected chi connectivity index (χ0v) is 10.3. The lowest BCUT2D eigenvalue weighted by atomic mass is 10.2. The van der Waals surface area contributed by atoms with Crippen molar-refractivity contribution in [2.45, 2.75) is 12.8 Å². The Morgan fingerprint density at radius 2 is 2.05 bits per heavy atom. The van der Waals surface area contributed by atoms with Crippen LogP contribution in [0.15, 0.2) is 28.7 Å². The molecule has 1 aromatic carbocycles. The molecule has 0 atom stereocenters. The molecule has 6 heteroatoms. The average molecular weight is 261 g/mol. The van der Waals surface area contributed by atoms with Crippen molar-refractivity contribution in [1.82, 2.24) is 5.32 Å². The zero-order valence-electron chi connectivity index (χ0n) is 10.3. The quantitative estimate of drug-likeness (QED) is 0.550. The number of hydrogen-bond acceptors (Lipinski definition) is 4. The molecule has 0 bridgehead atoms. The molecule has 19 heavy (non-hydrogen) atoms. The van der Waals surface area contributed by atoms with Gasteiger partial charge in [0.25, 0.3) is 5.91 Å². The number of nitrogens with one attached hydrogen (secondary N) is 1. The van der Waals surface area contributed by atoms with Crippen LogP contribution in [0.2, 0.25) is 0 Å². The van der Waals surface area contributed by atoms with Gasteiger partial charge in [-0.2, -0.15) is 0 Å². The third-order valence-electron chi connectivity index (χ3n) is 2.65. The van der Waals surface area contributed by atoms with E-state index in [-0.39, 0.29) is 24.0 Å². The molecule has 2 rings (SSSR count). The highest BCUT2D eigenvalue weighted by atomic mass is 16.3. The van der Waals surface area contributed by atoms with Crippen LogP contribution in [0.3, 0.4) is 0 Å². The third kappa shape index (κ3) is 3.25. The number of nitrogens with two attached hydrogens (primary N) is 2. The molecule has 0 fully saturated rings. The Morgan fingerprint density at radius 3 is 2.79 bits per heavy atom. The van der Waals surface area contributed by atoms with E-state index in [4.69, 9.17) is 15.9 Å². The summed E-state index contributed by atoms with van der Waals surface area (Å²) in [6.07, 6.45) is 0.755. The molecule has 6 nitrogen and oxygen atoms in total. The van der Waals surface area contributed by atoms with Crippen LogP contribution >= 0.6 is 0 Å². The second-order valence-corrected chi connectivity index (χ2v) is 4.23. The van der Waals surface area contributed by atoms with Gasteiger partial charge in [-0.3, -0.25) is 9.59 Å². The van der Waals surface area contributed by atoms with E-state index < -0.39 is 0 Å². The smallest absolute Gasteiger partial charge is 0.287 e. The van der Waals surface area contributed by atoms with Crippen LogP contribution in [0.25, 0.3) is 11.0 Å². The molecule has 0 aliphatic heterocycles. The van der Waals surface area contributed by atoms with Crippen LogP contribution < -0.4 is 16.8 Å². The summed E-state index contributed by atoms with van der Waals surface area (Å²) in [7, 11) is 0. The highest BCUT2D eigenvalue weighted by Gasteiger charge is 2.11. The van der Waals surface area contributed by atoms with Gasteiger partial charge >= 0.3 is 0 Å². The summed E-state index contributed by atoms with van der Waals surface area (Å²) in [4.78, 5) is 22.3. The van der Waals surface area contributed by atoms with Gasteiger partial charge in [-0.15, -0.1) is 0 Å². The number of anilines is 1. The van der Waals surface area contributed by atoms with Gasteiger partial charge in [0, 0.05) is 24.0 Å². The summed E-state index contributed by atoms with van der Waals surface area (Å²) in [5, 5.41) is 3.44. The second kappa shape index (κ2) is 5.43. The molecular weight excluding hydrogens is 246 g/mol. The fourth-order valence-electron chi connectivity index (χ4n) is 1.73. The summed E-state index contributed by atoms with van der Waals surface area (Å²) in [5.41, 5.74) is 11.9. The van der Waals surface area contributed by atoms with Gasteiger partial charge in [0.05, 0.1) is 0 Å². The Morgan fingerprint density at radius 1 is 1.26 bits per heavy atom. The fraction of sp³-hybridized carbons (Fsp3) is 0.231. The zero-order chi connectivity index (χ0) is 13.8. The van der Waals surface area contributed by atoms with E-state index in [0.717, 1.165) is 5.39 Å². The van der Waals surface area contributed by atoms with E-state index in [2.05, 4.69) is 5.32 Å². The van der Waals surface area contributed by atoms with Crippen molar-refractivity contribution in [2.75, 3.05) is 12.3 Å². The van der Waals surface area contributed by atoms with Crippen molar-refractivity contribution >= 4 is 28.5 Å². The van der Waals surface area contributed by atoms with E-state index in [1.165, 1.54) is 0 Å². The average Bonchev–Trinajstić information content (AvgIpc) is 2.77. The van der Waals surface area contributed by atoms with Crippen LogP contribution in [0.1, 0.15) is 23.4 Å². The summed E-state index contributed by atoms with van der Waals surface area (Å²) in [6.45, 7) is 0.376. The maximum Gasteiger partial charge on any atom is 0.287 e. The van der Waals surface area contributed by atoms with Crippen LogP contribution in [0.4, 0.5) is 5.69 Å². The Bertz CT molecular complexity index is 619. The molecule has 0 saturated heterocycles. The number of benzene rings is 1. The van der Waals surface area contributed by atoms with Gasteiger partial charge in [0.2, 0.25) is 5.91 Å². The highest BCUT2D eigenvalue weighted by molar-refractivity contribution is 5.96. The first kappa shape index (κ1) is 12.9. The monoisotopic (exact) mass is 261 g/mol. The molecule has 1 heterocycles. The first-order valence-electron chi connectivity index (χ1n) is 5.92. The minimum absolute atomic E-state index is 0.222. The Kier molecular flexibility index (Phi) is 3.70. The van der Waals surface area contributed by atoms with Gasteiger partial charge in [-0.25, -0.2) is 0 Å². The fourth-order valence-corrected chi connectivity index (χ4v) is 1.73. The first-order chi connectivity index (χ1) is 9.06. The molecule has 2 amide bonds. The largest absolute Gasteiger partial charge is 0.451 e. The van der Waals surface area contributed by atoms with Crippen molar-refractivity contribution in [3.8, 4) is 0 Å². The number of carbonyl (C=O) groups is 2. The molecule has 5 N–H and O–H groups in total. The van der Waals surface area contributed by atoms with E-state index in [0.29, 0.717) is 24.2 Å². The summed E-state index contributed by atoms with van der Waals surface area (Å²) in [5.74, 6) is -0.479. The third-order valence-corrected chi connectivity index (χ3v) is 2.65. The number of carbonyl (C=O) groups excluding carboxylic acids is 2. The summed E-state index contributed by atoms with van der Waals surface area (Å²) >= 11 is 0. The number of amides is 2. The summed E-state index contributed by atoms with van der Waals surface area (Å²) < 4.78 is 5.40. The Labute approximate surface area is 109 Å². The molecule has 0 aliphatic rings. The maximum atomic E-state index is 11.8. The molecule has 100 valence electrons. The molecule has 0 aliphatic carbocycles. The topological polar surface area (TPSA) is 111 Å². The lowest BCUT2D eigenvalue weighted by molar-refractivity contribution is -0.118. The van der Waals surface area contributed by atoms with Gasteiger partial charge in [-0.1, -0.05) is 0 Å². The molecule has 0 radical (unpaired) electrons. The number of primary amides is 1. The lowest BCUT2D eigenvalue weighted by Crippen LogP contribution is -2.25. The van der Waals surface area contributed by atoms with Gasteiger partial charge in [0.15, 0.2) is 5.76 Å². The van der Waals surface area contributed by atoms with Crippen molar-refractivity contribution in [3.05, 3.63) is 30.0 Å². The second-order valence-electron chi connectivity index (χ2n) is 4.23. The molecule has 1 aromatic heterocycles. The molecule has 2 aromatic rings. The van der Waals surface area contributed by atoms with E-state index >= 15 is 0 Å². The minimum Gasteiger partial charge on any atom is -0.451 e. The Hall–Kier alpha value is -2.50. The number of fused-ring (bicyclic) bond motifs is 1. The molecule has 0 saturated carbocycles. The van der Waals surface area contributed by atoms with E-state index in [9.17, 15) is 9.59 Å². The Balaban J connectivity index is 1.99. The van der Waals surface area contributed by atoms with Crippen molar-refractivity contribution in [3.63, 3.8) is 0 Å². The van der Waals surface area contributed by atoms with Crippen molar-refractivity contribution in [2.24, 2.45) is 5.73 Å². The highest BCUT2D eigenvalue weighted by Crippen LogP contribution is 2.21. The molecule has 0 spiro atoms. The lowest BCUT2D eigenvalue weighted by Gasteiger charge is -2.00. The van der Waals surface area contributed by atoms with Crippen LogP contribution in [-0.2, 0) is 4.79 Å². The van der Waals surface area contributed by atoms with Crippen molar-refractivity contribution in [1.29, 1.82) is 0 Å². The minimum atomic E-state index is -0.381. The normalized spacial score (nSPS) is 10.5. The number of rotatable bonds is 5. The number of nitrogen functional groups attached to an aromatic ring is 1. The SMILES string of the molecule is NC(=O)CCCNC(=O)c1cc2cc(N)ccc2o1. The predicted octanol–water partition coefficient (Wildman–Crippen LogP) is 1.01. The first-order valence-corrected chi connectivity index (χ1v) is 5.92. The number of hydrogen-bond donors (Lipinski definition) is 3. The standard InChI is InChI=1S/C13H15N3O3/c14-9-3-4-10-8(6-9)7-11(19-10)13(18)16-5-1-2-12(15)17/h3-4,6-7H,1-2,5,14H2,(H2,15,17)(H,16,18). The van der Waals surface area contributed by atoms with E-state index in [1.807, 2.05) is 0 Å². The van der Waals surface area contributed by atoms with Crippen LogP contribution in [0.5, 0.6) is 0 Å². The number of furan rings is 1. The van der Waals surface area contributed by atoms with Gasteiger partial charge < -0.3 is 21.2 Å². The van der Waals surface area contributed by atoms with Crippen LogP contribution in [-0.4, -0.2) is 18.4 Å². The van der Waals surface area contributed by atoms with Gasteiger partial charge in [0.1, 0.15) is 5.58 Å². The predicted molar refractivity (Wildman–Crippen MR) is 71.4 cm³/mol. The summed E-state index contributed by atoms with van der Waals surface area (Å²) in [6, 6.07) is 6.80. The molecular formula is C13H15N3O3. The van der Waals surface area contributed by atoms with E-state index in [1.54, 1.807) is 24.3 Å². The van der Waals surface area contributed by atoms with Crippen LogP contribution in [0, 0.1) is 0 Å².